The fraction of sp³-hybridized carbons (Fsp3) is 0.448. The molecule has 0 radical (unpaired) electrons. The Kier molecular flexibility index (Phi) is 8.66. The van der Waals surface area contributed by atoms with E-state index in [1.54, 1.807) is 7.05 Å². The highest BCUT2D eigenvalue weighted by atomic mass is 16.2. The van der Waals surface area contributed by atoms with E-state index in [4.69, 9.17) is 0 Å². The summed E-state index contributed by atoms with van der Waals surface area (Å²) in [5.41, 5.74) is 3.75. The van der Waals surface area contributed by atoms with E-state index < -0.39 is 24.0 Å². The standard InChI is InChI=1S/C29H38N6O3/c1-19-11-10-15-23-26(19)33-27(31-23)21(3)30-28(37)24(17-25(36)35-16-9-8-12-20(35)2)32-29(38)34(4)18-22-13-6-5-7-14-22/h5-7,10-11,13-15,20-21,24H,8-9,12,16-18H2,1-4H3,(H,30,37)(H,31,33)(H,32,38)/t20-,21-,24-/m0/s1. The van der Waals surface area contributed by atoms with Crippen LogP contribution in [0.4, 0.5) is 4.79 Å². The third kappa shape index (κ3) is 6.51. The highest BCUT2D eigenvalue weighted by Gasteiger charge is 2.31. The molecule has 1 aliphatic rings. The van der Waals surface area contributed by atoms with Gasteiger partial charge in [0.15, 0.2) is 0 Å². The predicted octanol–water partition coefficient (Wildman–Crippen LogP) is 4.05. The van der Waals surface area contributed by atoms with Crippen LogP contribution in [0.25, 0.3) is 11.0 Å². The van der Waals surface area contributed by atoms with Crippen molar-refractivity contribution in [2.75, 3.05) is 13.6 Å². The van der Waals surface area contributed by atoms with Gasteiger partial charge in [0.05, 0.1) is 23.5 Å². The highest BCUT2D eigenvalue weighted by Crippen LogP contribution is 2.20. The van der Waals surface area contributed by atoms with Crippen molar-refractivity contribution in [2.24, 2.45) is 0 Å². The van der Waals surface area contributed by atoms with E-state index in [9.17, 15) is 14.4 Å². The number of hydrogen-bond acceptors (Lipinski definition) is 4. The number of carbonyl (C=O) groups excluding carboxylic acids is 3. The summed E-state index contributed by atoms with van der Waals surface area (Å²) in [6.07, 6.45) is 2.87. The van der Waals surface area contributed by atoms with Gasteiger partial charge in [-0.3, -0.25) is 9.59 Å². The number of amides is 4. The molecular formula is C29H38N6O3. The second-order valence-corrected chi connectivity index (χ2v) is 10.3. The van der Waals surface area contributed by atoms with Crippen LogP contribution in [0.5, 0.6) is 0 Å². The molecule has 0 saturated carbocycles. The van der Waals surface area contributed by atoms with Crippen LogP contribution >= 0.6 is 0 Å². The Morgan fingerprint density at radius 3 is 2.58 bits per heavy atom. The van der Waals surface area contributed by atoms with Crippen LogP contribution in [0, 0.1) is 6.92 Å². The number of imidazole rings is 1. The highest BCUT2D eigenvalue weighted by molar-refractivity contribution is 5.92. The number of nitrogens with one attached hydrogen (secondary N) is 3. The Balaban J connectivity index is 1.48. The Bertz CT molecular complexity index is 1270. The smallest absolute Gasteiger partial charge is 0.318 e. The number of aryl methyl sites for hydroxylation is 1. The molecule has 0 unspecified atom stereocenters. The number of rotatable bonds is 8. The second kappa shape index (κ2) is 12.1. The van der Waals surface area contributed by atoms with Crippen molar-refractivity contribution >= 4 is 28.9 Å². The topological polar surface area (TPSA) is 110 Å². The molecule has 3 N–H and O–H groups in total. The van der Waals surface area contributed by atoms with Crippen molar-refractivity contribution in [3.8, 4) is 0 Å². The number of piperidine rings is 1. The first-order valence-corrected chi connectivity index (χ1v) is 13.3. The fourth-order valence-corrected chi connectivity index (χ4v) is 4.94. The van der Waals surface area contributed by atoms with Crippen LogP contribution < -0.4 is 10.6 Å². The number of carbonyl (C=O) groups is 3. The van der Waals surface area contributed by atoms with Crippen LogP contribution in [0.2, 0.25) is 0 Å². The first-order valence-electron chi connectivity index (χ1n) is 13.3. The van der Waals surface area contributed by atoms with E-state index in [1.165, 1.54) is 4.90 Å². The lowest BCUT2D eigenvalue weighted by molar-refractivity contribution is -0.137. The first kappa shape index (κ1) is 27.2. The van der Waals surface area contributed by atoms with Crippen LogP contribution in [0.3, 0.4) is 0 Å². The SMILES string of the molecule is Cc1cccc2[nH]c([C@H](C)NC(=O)[C@H](CC(=O)N3CCCC[C@@H]3C)NC(=O)N(C)Cc3ccccc3)nc12. The zero-order valence-corrected chi connectivity index (χ0v) is 22.7. The number of benzene rings is 2. The van der Waals surface area contributed by atoms with Crippen molar-refractivity contribution in [3.63, 3.8) is 0 Å². The number of aromatic nitrogens is 2. The number of H-pyrrole nitrogens is 1. The van der Waals surface area contributed by atoms with Crippen molar-refractivity contribution in [3.05, 3.63) is 65.5 Å². The largest absolute Gasteiger partial charge is 0.345 e. The van der Waals surface area contributed by atoms with E-state index in [2.05, 4.69) is 20.6 Å². The minimum absolute atomic E-state index is 0.104. The minimum Gasteiger partial charge on any atom is -0.345 e. The van der Waals surface area contributed by atoms with Crippen LogP contribution in [-0.4, -0.2) is 63.3 Å². The van der Waals surface area contributed by atoms with Gasteiger partial charge in [-0.15, -0.1) is 0 Å². The number of aromatic amines is 1. The first-order chi connectivity index (χ1) is 18.2. The molecule has 1 saturated heterocycles. The van der Waals surface area contributed by atoms with Crippen molar-refractivity contribution < 1.29 is 14.4 Å². The second-order valence-electron chi connectivity index (χ2n) is 10.3. The molecule has 0 aliphatic carbocycles. The summed E-state index contributed by atoms with van der Waals surface area (Å²) in [7, 11) is 1.67. The summed E-state index contributed by atoms with van der Waals surface area (Å²) >= 11 is 0. The van der Waals surface area contributed by atoms with Crippen molar-refractivity contribution in [1.82, 2.24) is 30.4 Å². The molecule has 0 spiro atoms. The molecule has 9 heteroatoms. The molecule has 4 rings (SSSR count). The van der Waals surface area contributed by atoms with Crippen LogP contribution in [0.15, 0.2) is 48.5 Å². The molecule has 3 aromatic rings. The summed E-state index contributed by atoms with van der Waals surface area (Å²) in [4.78, 5) is 51.1. The van der Waals surface area contributed by atoms with Gasteiger partial charge in [0.1, 0.15) is 11.9 Å². The minimum atomic E-state index is -1.02. The molecule has 4 amide bonds. The predicted molar refractivity (Wildman–Crippen MR) is 147 cm³/mol. The monoisotopic (exact) mass is 518 g/mol. The van der Waals surface area contributed by atoms with E-state index in [0.29, 0.717) is 18.9 Å². The molecule has 2 heterocycles. The summed E-state index contributed by atoms with van der Waals surface area (Å²) in [5, 5.41) is 5.76. The fourth-order valence-electron chi connectivity index (χ4n) is 4.94. The number of likely N-dealkylation sites (tertiary alicyclic amines) is 1. The van der Waals surface area contributed by atoms with E-state index in [-0.39, 0.29) is 18.4 Å². The number of nitrogens with zero attached hydrogens (tertiary/aromatic N) is 3. The van der Waals surface area contributed by atoms with Crippen molar-refractivity contribution in [2.45, 2.75) is 71.1 Å². The van der Waals surface area contributed by atoms with Gasteiger partial charge in [0, 0.05) is 26.2 Å². The van der Waals surface area contributed by atoms with E-state index >= 15 is 0 Å². The quantitative estimate of drug-likeness (QED) is 0.418. The van der Waals surface area contributed by atoms with Gasteiger partial charge >= 0.3 is 6.03 Å². The van der Waals surface area contributed by atoms with Gasteiger partial charge in [-0.2, -0.15) is 0 Å². The number of urea groups is 1. The Morgan fingerprint density at radius 1 is 1.11 bits per heavy atom. The summed E-state index contributed by atoms with van der Waals surface area (Å²) in [6, 6.07) is 13.7. The van der Waals surface area contributed by atoms with Gasteiger partial charge in [-0.05, 0) is 57.2 Å². The lowest BCUT2D eigenvalue weighted by Gasteiger charge is -2.34. The molecule has 2 aromatic carbocycles. The van der Waals surface area contributed by atoms with Gasteiger partial charge in [0.2, 0.25) is 11.8 Å². The molecule has 9 nitrogen and oxygen atoms in total. The van der Waals surface area contributed by atoms with Gasteiger partial charge in [-0.1, -0.05) is 42.5 Å². The Hall–Kier alpha value is -3.88. The molecule has 1 fully saturated rings. The number of para-hydroxylation sites is 1. The summed E-state index contributed by atoms with van der Waals surface area (Å²) in [5.74, 6) is 0.0643. The molecule has 1 aromatic heterocycles. The summed E-state index contributed by atoms with van der Waals surface area (Å²) in [6.45, 7) is 6.91. The average molecular weight is 519 g/mol. The molecular weight excluding hydrogens is 480 g/mol. The maximum atomic E-state index is 13.5. The van der Waals surface area contributed by atoms with E-state index in [0.717, 1.165) is 41.4 Å². The normalized spacial score (nSPS) is 17.1. The Morgan fingerprint density at radius 2 is 1.87 bits per heavy atom. The molecule has 3 atom stereocenters. The van der Waals surface area contributed by atoms with Crippen molar-refractivity contribution in [1.29, 1.82) is 0 Å². The zero-order valence-electron chi connectivity index (χ0n) is 22.7. The summed E-state index contributed by atoms with van der Waals surface area (Å²) < 4.78 is 0. The van der Waals surface area contributed by atoms with Gasteiger partial charge in [0.25, 0.3) is 0 Å². The molecule has 0 bridgehead atoms. The third-order valence-electron chi connectivity index (χ3n) is 7.23. The number of fused-ring (bicyclic) bond motifs is 1. The lowest BCUT2D eigenvalue weighted by Crippen LogP contribution is -2.53. The van der Waals surface area contributed by atoms with Gasteiger partial charge < -0.3 is 25.4 Å². The molecule has 202 valence electrons. The maximum absolute atomic E-state index is 13.5. The van der Waals surface area contributed by atoms with Gasteiger partial charge in [-0.25, -0.2) is 9.78 Å². The Labute approximate surface area is 224 Å². The zero-order chi connectivity index (χ0) is 27.2. The van der Waals surface area contributed by atoms with Crippen LogP contribution in [0.1, 0.15) is 62.5 Å². The van der Waals surface area contributed by atoms with Crippen LogP contribution in [-0.2, 0) is 16.1 Å². The van der Waals surface area contributed by atoms with E-state index in [1.807, 2.05) is 74.2 Å². The molecule has 1 aliphatic heterocycles. The average Bonchev–Trinajstić information content (AvgIpc) is 3.35. The number of hydrogen-bond donors (Lipinski definition) is 3. The molecule has 38 heavy (non-hydrogen) atoms. The third-order valence-corrected chi connectivity index (χ3v) is 7.23. The lowest BCUT2D eigenvalue weighted by atomic mass is 10.0. The maximum Gasteiger partial charge on any atom is 0.318 e.